The van der Waals surface area contributed by atoms with Gasteiger partial charge in [-0.15, -0.1) is 0 Å². The van der Waals surface area contributed by atoms with E-state index < -0.39 is 0 Å². The second-order valence-corrected chi connectivity index (χ2v) is 6.89. The molecule has 4 rings (SSSR count). The minimum Gasteiger partial charge on any atom is -0.496 e. The average molecular weight is 352 g/mol. The topological polar surface area (TPSA) is 59.6 Å². The van der Waals surface area contributed by atoms with Gasteiger partial charge in [-0.3, -0.25) is 4.79 Å². The van der Waals surface area contributed by atoms with E-state index in [0.29, 0.717) is 18.4 Å². The molecule has 2 N–H and O–H groups in total. The van der Waals surface area contributed by atoms with E-state index in [2.05, 4.69) is 16.7 Å². The van der Waals surface area contributed by atoms with E-state index in [9.17, 15) is 4.79 Å². The van der Waals surface area contributed by atoms with Crippen molar-refractivity contribution in [1.29, 1.82) is 0 Å². The Labute approximate surface area is 153 Å². The number of para-hydroxylation sites is 1. The molecule has 5 heteroatoms. The van der Waals surface area contributed by atoms with Crippen LogP contribution in [-0.4, -0.2) is 39.3 Å². The van der Waals surface area contributed by atoms with E-state index in [1.807, 2.05) is 36.4 Å². The van der Waals surface area contributed by atoms with Gasteiger partial charge in [0.1, 0.15) is 11.5 Å². The summed E-state index contributed by atoms with van der Waals surface area (Å²) in [6, 6.07) is 13.9. The van der Waals surface area contributed by atoms with Gasteiger partial charge in [-0.25, -0.2) is 0 Å². The third-order valence-electron chi connectivity index (χ3n) is 5.37. The SMILES string of the molecule is COc1ccccc1CCOc1ccc2c(c1)C(=O)NC[C@H]1CNC[C@H]21. The largest absolute Gasteiger partial charge is 0.496 e. The van der Waals surface area contributed by atoms with Crippen LogP contribution in [0.5, 0.6) is 11.5 Å². The molecule has 0 spiro atoms. The number of ether oxygens (including phenoxy) is 2. The summed E-state index contributed by atoms with van der Waals surface area (Å²) in [6.45, 7) is 3.16. The number of rotatable bonds is 5. The highest BCUT2D eigenvalue weighted by atomic mass is 16.5. The summed E-state index contributed by atoms with van der Waals surface area (Å²) in [5.41, 5.74) is 2.99. The van der Waals surface area contributed by atoms with Crippen molar-refractivity contribution in [2.45, 2.75) is 12.3 Å². The number of fused-ring (bicyclic) bond motifs is 3. The summed E-state index contributed by atoms with van der Waals surface area (Å²) < 4.78 is 11.3. The number of hydrogen-bond donors (Lipinski definition) is 2. The van der Waals surface area contributed by atoms with Gasteiger partial charge in [0.25, 0.3) is 5.91 Å². The number of amides is 1. The molecule has 136 valence electrons. The number of nitrogens with one attached hydrogen (secondary N) is 2. The van der Waals surface area contributed by atoms with Crippen molar-refractivity contribution >= 4 is 5.91 Å². The molecule has 0 saturated carbocycles. The lowest BCUT2D eigenvalue weighted by molar-refractivity contribution is 0.0952. The van der Waals surface area contributed by atoms with Crippen molar-refractivity contribution in [3.05, 3.63) is 59.2 Å². The van der Waals surface area contributed by atoms with Crippen LogP contribution in [0.4, 0.5) is 0 Å². The van der Waals surface area contributed by atoms with E-state index in [4.69, 9.17) is 9.47 Å². The first-order valence-electron chi connectivity index (χ1n) is 9.14. The Bertz CT molecular complexity index is 806. The van der Waals surface area contributed by atoms with Crippen LogP contribution in [0.15, 0.2) is 42.5 Å². The van der Waals surface area contributed by atoms with Gasteiger partial charge in [-0.1, -0.05) is 24.3 Å². The number of carbonyl (C=O) groups excluding carboxylic acids is 1. The fourth-order valence-corrected chi connectivity index (χ4v) is 3.96. The Kier molecular flexibility index (Phi) is 4.80. The fraction of sp³-hybridized carbons (Fsp3) is 0.381. The summed E-state index contributed by atoms with van der Waals surface area (Å²) in [4.78, 5) is 12.5. The second kappa shape index (κ2) is 7.38. The molecule has 1 amide bonds. The summed E-state index contributed by atoms with van der Waals surface area (Å²) in [5.74, 6) is 2.48. The minimum absolute atomic E-state index is 0.00424. The molecule has 0 bridgehead atoms. The van der Waals surface area contributed by atoms with Crippen molar-refractivity contribution in [2.24, 2.45) is 5.92 Å². The lowest BCUT2D eigenvalue weighted by atomic mass is 9.87. The molecule has 2 atom stereocenters. The predicted octanol–water partition coefficient (Wildman–Crippen LogP) is 2.36. The van der Waals surface area contributed by atoms with E-state index >= 15 is 0 Å². The standard InChI is InChI=1S/C21H24N2O3/c1-25-20-5-3-2-4-14(20)8-9-26-16-6-7-17-18(10-16)21(24)23-12-15-11-22-13-19(15)17/h2-7,10,15,19,22H,8-9,11-13H2,1H3,(H,23,24)/t15-,19+/m1/s1. The average Bonchev–Trinajstić information content (AvgIpc) is 3.10. The quantitative estimate of drug-likeness (QED) is 0.867. The van der Waals surface area contributed by atoms with Gasteiger partial charge in [-0.2, -0.15) is 0 Å². The smallest absolute Gasteiger partial charge is 0.251 e. The van der Waals surface area contributed by atoms with E-state index in [1.54, 1.807) is 7.11 Å². The van der Waals surface area contributed by atoms with E-state index in [1.165, 1.54) is 0 Å². The molecule has 2 aliphatic heterocycles. The van der Waals surface area contributed by atoms with Crippen LogP contribution in [0, 0.1) is 5.92 Å². The summed E-state index contributed by atoms with van der Waals surface area (Å²) in [6.07, 6.45) is 0.752. The number of hydrogen-bond acceptors (Lipinski definition) is 4. The molecular weight excluding hydrogens is 328 g/mol. The molecule has 26 heavy (non-hydrogen) atoms. The number of carbonyl (C=O) groups is 1. The summed E-state index contributed by atoms with van der Waals surface area (Å²) in [5, 5.41) is 6.48. The lowest BCUT2D eigenvalue weighted by Crippen LogP contribution is -2.28. The molecule has 1 fully saturated rings. The second-order valence-electron chi connectivity index (χ2n) is 6.89. The highest BCUT2D eigenvalue weighted by molar-refractivity contribution is 5.96. The van der Waals surface area contributed by atoms with Crippen LogP contribution in [-0.2, 0) is 6.42 Å². The first-order valence-corrected chi connectivity index (χ1v) is 9.14. The molecule has 2 aromatic rings. The van der Waals surface area contributed by atoms with Gasteiger partial charge in [0.15, 0.2) is 0 Å². The van der Waals surface area contributed by atoms with Crippen LogP contribution < -0.4 is 20.1 Å². The maximum atomic E-state index is 12.5. The van der Waals surface area contributed by atoms with Gasteiger partial charge in [0.2, 0.25) is 0 Å². The Morgan fingerprint density at radius 1 is 1.12 bits per heavy atom. The van der Waals surface area contributed by atoms with Crippen LogP contribution in [0.1, 0.15) is 27.4 Å². The van der Waals surface area contributed by atoms with Crippen molar-refractivity contribution < 1.29 is 14.3 Å². The first kappa shape index (κ1) is 16.9. The molecule has 0 radical (unpaired) electrons. The third kappa shape index (κ3) is 3.27. The van der Waals surface area contributed by atoms with E-state index in [-0.39, 0.29) is 5.91 Å². The zero-order chi connectivity index (χ0) is 17.9. The van der Waals surface area contributed by atoms with Gasteiger partial charge < -0.3 is 20.1 Å². The summed E-state index contributed by atoms with van der Waals surface area (Å²) in [7, 11) is 1.68. The molecule has 5 nitrogen and oxygen atoms in total. The Morgan fingerprint density at radius 3 is 2.88 bits per heavy atom. The fourth-order valence-electron chi connectivity index (χ4n) is 3.96. The molecule has 2 aliphatic rings. The lowest BCUT2D eigenvalue weighted by Gasteiger charge is -2.17. The zero-order valence-electron chi connectivity index (χ0n) is 15.0. The highest BCUT2D eigenvalue weighted by Gasteiger charge is 2.34. The monoisotopic (exact) mass is 352 g/mol. The normalized spacial score (nSPS) is 21.3. The molecule has 1 saturated heterocycles. The molecule has 0 aliphatic carbocycles. The number of benzene rings is 2. The van der Waals surface area contributed by atoms with Crippen molar-refractivity contribution in [3.63, 3.8) is 0 Å². The van der Waals surface area contributed by atoms with Crippen molar-refractivity contribution in [3.8, 4) is 11.5 Å². The highest BCUT2D eigenvalue weighted by Crippen LogP contribution is 2.34. The van der Waals surface area contributed by atoms with E-state index in [0.717, 1.165) is 54.2 Å². The van der Waals surface area contributed by atoms with Crippen LogP contribution in [0.25, 0.3) is 0 Å². The molecular formula is C21H24N2O3. The molecule has 0 aromatic heterocycles. The molecule has 2 heterocycles. The van der Waals surface area contributed by atoms with Crippen molar-refractivity contribution in [1.82, 2.24) is 10.6 Å². The van der Waals surface area contributed by atoms with Crippen LogP contribution >= 0.6 is 0 Å². The molecule has 2 aromatic carbocycles. The third-order valence-corrected chi connectivity index (χ3v) is 5.37. The Balaban J connectivity index is 1.48. The van der Waals surface area contributed by atoms with Gasteiger partial charge in [0, 0.05) is 37.5 Å². The van der Waals surface area contributed by atoms with Gasteiger partial charge in [-0.05, 0) is 35.2 Å². The van der Waals surface area contributed by atoms with Crippen LogP contribution in [0.2, 0.25) is 0 Å². The Hall–Kier alpha value is -2.53. The zero-order valence-corrected chi connectivity index (χ0v) is 15.0. The minimum atomic E-state index is 0.00424. The Morgan fingerprint density at radius 2 is 2.00 bits per heavy atom. The summed E-state index contributed by atoms with van der Waals surface area (Å²) >= 11 is 0. The van der Waals surface area contributed by atoms with Crippen LogP contribution in [0.3, 0.4) is 0 Å². The predicted molar refractivity (Wildman–Crippen MR) is 100 cm³/mol. The number of methoxy groups -OCH3 is 1. The first-order chi connectivity index (χ1) is 12.8. The van der Waals surface area contributed by atoms with Gasteiger partial charge >= 0.3 is 0 Å². The maximum Gasteiger partial charge on any atom is 0.251 e. The van der Waals surface area contributed by atoms with Gasteiger partial charge in [0.05, 0.1) is 13.7 Å². The molecule has 0 unspecified atom stereocenters. The van der Waals surface area contributed by atoms with Crippen molar-refractivity contribution in [2.75, 3.05) is 33.4 Å². The maximum absolute atomic E-state index is 12.5.